The van der Waals surface area contributed by atoms with E-state index in [-0.39, 0.29) is 0 Å². The van der Waals surface area contributed by atoms with Crippen molar-refractivity contribution in [1.82, 2.24) is 19.8 Å². The Balaban J connectivity index is 2.26. The van der Waals surface area contributed by atoms with E-state index in [1.54, 1.807) is 0 Å². The molecule has 4 heteroatoms. The second-order valence-electron chi connectivity index (χ2n) is 4.04. The van der Waals surface area contributed by atoms with Crippen molar-refractivity contribution in [3.63, 3.8) is 0 Å². The summed E-state index contributed by atoms with van der Waals surface area (Å²) in [5.74, 6) is 0. The standard InChI is InChI=1S/C11H22N4/c1-4-12-8-11-9-15(10-13-11)7-5-6-14(2)3/h9-10,12H,4-8H2,1-3H3. The van der Waals surface area contributed by atoms with Crippen molar-refractivity contribution in [2.24, 2.45) is 0 Å². The molecule has 0 fully saturated rings. The first kappa shape index (κ1) is 12.2. The van der Waals surface area contributed by atoms with Crippen LogP contribution in [0.25, 0.3) is 0 Å². The Kier molecular flexibility index (Phi) is 5.36. The van der Waals surface area contributed by atoms with Crippen molar-refractivity contribution < 1.29 is 0 Å². The summed E-state index contributed by atoms with van der Waals surface area (Å²) in [5, 5.41) is 3.27. The summed E-state index contributed by atoms with van der Waals surface area (Å²) in [7, 11) is 4.20. The Morgan fingerprint density at radius 1 is 1.47 bits per heavy atom. The normalized spacial score (nSPS) is 11.2. The largest absolute Gasteiger partial charge is 0.337 e. The summed E-state index contributed by atoms with van der Waals surface area (Å²) < 4.78 is 2.16. The molecule has 1 rings (SSSR count). The summed E-state index contributed by atoms with van der Waals surface area (Å²) in [6, 6.07) is 0. The van der Waals surface area contributed by atoms with E-state index in [4.69, 9.17) is 0 Å². The highest BCUT2D eigenvalue weighted by molar-refractivity contribution is 4.95. The lowest BCUT2D eigenvalue weighted by Crippen LogP contribution is -2.14. The summed E-state index contributed by atoms with van der Waals surface area (Å²) in [4.78, 5) is 6.54. The van der Waals surface area contributed by atoms with Crippen molar-refractivity contribution >= 4 is 0 Å². The van der Waals surface area contributed by atoms with Gasteiger partial charge in [-0.15, -0.1) is 0 Å². The average Bonchev–Trinajstić information content (AvgIpc) is 2.62. The fraction of sp³-hybridized carbons (Fsp3) is 0.727. The van der Waals surface area contributed by atoms with Crippen LogP contribution in [0.5, 0.6) is 0 Å². The number of aryl methyl sites for hydroxylation is 1. The maximum absolute atomic E-state index is 4.34. The molecule has 1 aromatic rings. The van der Waals surface area contributed by atoms with Crippen molar-refractivity contribution in [3.05, 3.63) is 18.2 Å². The Morgan fingerprint density at radius 3 is 2.93 bits per heavy atom. The van der Waals surface area contributed by atoms with Crippen molar-refractivity contribution in [2.45, 2.75) is 26.4 Å². The van der Waals surface area contributed by atoms with Gasteiger partial charge in [0.25, 0.3) is 0 Å². The highest BCUT2D eigenvalue weighted by atomic mass is 15.1. The van der Waals surface area contributed by atoms with Crippen LogP contribution in [0.3, 0.4) is 0 Å². The van der Waals surface area contributed by atoms with E-state index in [2.05, 4.69) is 47.0 Å². The molecular weight excluding hydrogens is 188 g/mol. The Labute approximate surface area is 92.3 Å². The monoisotopic (exact) mass is 210 g/mol. The van der Waals surface area contributed by atoms with Crippen molar-refractivity contribution in [1.29, 1.82) is 0 Å². The van der Waals surface area contributed by atoms with Gasteiger partial charge in [-0.3, -0.25) is 0 Å². The van der Waals surface area contributed by atoms with Gasteiger partial charge in [0.05, 0.1) is 12.0 Å². The third-order valence-corrected chi connectivity index (χ3v) is 2.26. The molecule has 0 atom stereocenters. The lowest BCUT2D eigenvalue weighted by atomic mass is 10.4. The first-order chi connectivity index (χ1) is 7.22. The molecule has 0 aliphatic heterocycles. The number of aromatic nitrogens is 2. The lowest BCUT2D eigenvalue weighted by Gasteiger charge is -2.08. The molecule has 0 saturated carbocycles. The van der Waals surface area contributed by atoms with Crippen LogP contribution >= 0.6 is 0 Å². The van der Waals surface area contributed by atoms with Gasteiger partial charge < -0.3 is 14.8 Å². The summed E-state index contributed by atoms with van der Waals surface area (Å²) >= 11 is 0. The van der Waals surface area contributed by atoms with E-state index < -0.39 is 0 Å². The second kappa shape index (κ2) is 6.58. The fourth-order valence-corrected chi connectivity index (χ4v) is 1.44. The zero-order valence-electron chi connectivity index (χ0n) is 10.0. The molecule has 0 radical (unpaired) electrons. The number of hydrogen-bond donors (Lipinski definition) is 1. The molecule has 4 nitrogen and oxygen atoms in total. The smallest absolute Gasteiger partial charge is 0.0949 e. The molecule has 1 heterocycles. The van der Waals surface area contributed by atoms with E-state index in [9.17, 15) is 0 Å². The molecule has 0 unspecified atom stereocenters. The van der Waals surface area contributed by atoms with Gasteiger partial charge in [0.1, 0.15) is 0 Å². The van der Waals surface area contributed by atoms with Crippen LogP contribution in [0.4, 0.5) is 0 Å². The topological polar surface area (TPSA) is 33.1 Å². The van der Waals surface area contributed by atoms with Gasteiger partial charge in [0, 0.05) is 19.3 Å². The molecule has 86 valence electrons. The molecular formula is C11H22N4. The maximum atomic E-state index is 4.34. The zero-order valence-corrected chi connectivity index (χ0v) is 10.0. The van der Waals surface area contributed by atoms with E-state index in [0.717, 1.165) is 31.9 Å². The van der Waals surface area contributed by atoms with Gasteiger partial charge in [0.2, 0.25) is 0 Å². The van der Waals surface area contributed by atoms with Crippen LogP contribution in [0.2, 0.25) is 0 Å². The summed E-state index contributed by atoms with van der Waals surface area (Å²) in [6.07, 6.45) is 5.21. The summed E-state index contributed by atoms with van der Waals surface area (Å²) in [5.41, 5.74) is 1.13. The number of imidazole rings is 1. The minimum atomic E-state index is 0.872. The van der Waals surface area contributed by atoms with Crippen LogP contribution < -0.4 is 5.32 Å². The Hall–Kier alpha value is -0.870. The highest BCUT2D eigenvalue weighted by Gasteiger charge is 1.98. The van der Waals surface area contributed by atoms with E-state index in [0.29, 0.717) is 0 Å². The number of nitrogens with zero attached hydrogens (tertiary/aromatic N) is 3. The van der Waals surface area contributed by atoms with E-state index in [1.807, 2.05) is 6.33 Å². The molecule has 1 aromatic heterocycles. The average molecular weight is 210 g/mol. The molecule has 1 N–H and O–H groups in total. The van der Waals surface area contributed by atoms with Crippen molar-refractivity contribution in [3.8, 4) is 0 Å². The van der Waals surface area contributed by atoms with Gasteiger partial charge in [-0.2, -0.15) is 0 Å². The van der Waals surface area contributed by atoms with Gasteiger partial charge in [0.15, 0.2) is 0 Å². The first-order valence-corrected chi connectivity index (χ1v) is 5.58. The summed E-state index contributed by atoms with van der Waals surface area (Å²) in [6.45, 7) is 6.15. The Bertz CT molecular complexity index is 267. The van der Waals surface area contributed by atoms with Crippen LogP contribution in [0, 0.1) is 0 Å². The van der Waals surface area contributed by atoms with E-state index in [1.165, 1.54) is 6.42 Å². The minimum Gasteiger partial charge on any atom is -0.337 e. The van der Waals surface area contributed by atoms with Crippen LogP contribution in [0.15, 0.2) is 12.5 Å². The quantitative estimate of drug-likeness (QED) is 0.727. The molecule has 0 spiro atoms. The predicted octanol–water partition coefficient (Wildman–Crippen LogP) is 0.944. The van der Waals surface area contributed by atoms with Gasteiger partial charge in [-0.05, 0) is 33.6 Å². The zero-order chi connectivity index (χ0) is 11.1. The van der Waals surface area contributed by atoms with Crippen LogP contribution in [-0.2, 0) is 13.1 Å². The SMILES string of the molecule is CCNCc1cn(CCCN(C)C)cn1. The van der Waals surface area contributed by atoms with Gasteiger partial charge in [-0.25, -0.2) is 4.98 Å². The molecule has 0 aliphatic carbocycles. The van der Waals surface area contributed by atoms with E-state index >= 15 is 0 Å². The second-order valence-corrected chi connectivity index (χ2v) is 4.04. The molecule has 0 aliphatic rings. The highest BCUT2D eigenvalue weighted by Crippen LogP contribution is 1.97. The molecule has 0 amide bonds. The fourth-order valence-electron chi connectivity index (χ4n) is 1.44. The molecule has 0 saturated heterocycles. The number of nitrogens with one attached hydrogen (secondary N) is 1. The Morgan fingerprint density at radius 2 is 2.27 bits per heavy atom. The van der Waals surface area contributed by atoms with Crippen molar-refractivity contribution in [2.75, 3.05) is 27.2 Å². The van der Waals surface area contributed by atoms with Gasteiger partial charge in [-0.1, -0.05) is 6.92 Å². The maximum Gasteiger partial charge on any atom is 0.0949 e. The van der Waals surface area contributed by atoms with Crippen LogP contribution in [-0.4, -0.2) is 41.6 Å². The molecule has 0 bridgehead atoms. The third-order valence-electron chi connectivity index (χ3n) is 2.26. The molecule has 0 aromatic carbocycles. The minimum absolute atomic E-state index is 0.872. The third kappa shape index (κ3) is 4.95. The van der Waals surface area contributed by atoms with Crippen LogP contribution in [0.1, 0.15) is 19.0 Å². The lowest BCUT2D eigenvalue weighted by molar-refractivity contribution is 0.386. The molecule has 15 heavy (non-hydrogen) atoms. The number of hydrogen-bond acceptors (Lipinski definition) is 3. The number of rotatable bonds is 7. The van der Waals surface area contributed by atoms with Gasteiger partial charge >= 0.3 is 0 Å². The first-order valence-electron chi connectivity index (χ1n) is 5.58. The predicted molar refractivity (Wildman–Crippen MR) is 62.8 cm³/mol.